The van der Waals surface area contributed by atoms with Gasteiger partial charge in [0.15, 0.2) is 0 Å². The molecule has 0 spiro atoms. The van der Waals surface area contributed by atoms with Crippen molar-refractivity contribution >= 4 is 34.2 Å². The van der Waals surface area contributed by atoms with E-state index < -0.39 is 0 Å². The number of ether oxygens (including phenoxy) is 2. The number of aromatic nitrogens is 2. The van der Waals surface area contributed by atoms with E-state index in [0.29, 0.717) is 24.1 Å². The van der Waals surface area contributed by atoms with E-state index in [9.17, 15) is 0 Å². The van der Waals surface area contributed by atoms with Crippen molar-refractivity contribution in [1.82, 2.24) is 9.55 Å². The Labute approximate surface area is 122 Å². The van der Waals surface area contributed by atoms with Crippen LogP contribution in [0.1, 0.15) is 5.82 Å². The molecule has 4 nitrogen and oxygen atoms in total. The topological polar surface area (TPSA) is 36.3 Å². The van der Waals surface area contributed by atoms with Crippen LogP contribution < -0.4 is 0 Å². The molecular formula is C13H16Cl2N2O2. The lowest BCUT2D eigenvalue weighted by molar-refractivity contribution is 0.0186. The second kappa shape index (κ2) is 6.57. The second-order valence-corrected chi connectivity index (χ2v) is 4.92. The molecule has 19 heavy (non-hydrogen) atoms. The van der Waals surface area contributed by atoms with E-state index in [0.717, 1.165) is 16.9 Å². The molecule has 0 bridgehead atoms. The van der Waals surface area contributed by atoms with E-state index in [1.165, 1.54) is 0 Å². The van der Waals surface area contributed by atoms with Gasteiger partial charge in [-0.15, -0.1) is 11.6 Å². The summed E-state index contributed by atoms with van der Waals surface area (Å²) < 4.78 is 12.6. The lowest BCUT2D eigenvalue weighted by atomic mass is 10.3. The second-order valence-electron chi connectivity index (χ2n) is 4.22. The van der Waals surface area contributed by atoms with Gasteiger partial charge in [0.05, 0.1) is 36.2 Å². The van der Waals surface area contributed by atoms with Crippen molar-refractivity contribution in [1.29, 1.82) is 0 Å². The molecule has 2 aromatic rings. The van der Waals surface area contributed by atoms with Gasteiger partial charge in [-0.05, 0) is 18.2 Å². The smallest absolute Gasteiger partial charge is 0.124 e. The molecule has 104 valence electrons. The van der Waals surface area contributed by atoms with Gasteiger partial charge in [0, 0.05) is 19.2 Å². The predicted octanol–water partition coefficient (Wildman–Crippen LogP) is 3.09. The average molecular weight is 303 g/mol. The van der Waals surface area contributed by atoms with E-state index >= 15 is 0 Å². The summed E-state index contributed by atoms with van der Waals surface area (Å²) >= 11 is 11.9. The van der Waals surface area contributed by atoms with Crippen LogP contribution in [-0.2, 0) is 21.9 Å². The third-order valence-electron chi connectivity index (χ3n) is 2.98. The number of rotatable bonds is 6. The number of hydrogen-bond acceptors (Lipinski definition) is 3. The molecule has 1 atom stereocenters. The third kappa shape index (κ3) is 3.20. The highest BCUT2D eigenvalue weighted by Gasteiger charge is 2.15. The van der Waals surface area contributed by atoms with Crippen molar-refractivity contribution in [3.8, 4) is 0 Å². The number of benzene rings is 1. The van der Waals surface area contributed by atoms with Crippen LogP contribution in [0.3, 0.4) is 0 Å². The van der Waals surface area contributed by atoms with Gasteiger partial charge in [-0.25, -0.2) is 4.98 Å². The Balaban J connectivity index is 2.39. The third-order valence-corrected chi connectivity index (χ3v) is 3.46. The van der Waals surface area contributed by atoms with Crippen molar-refractivity contribution in [3.05, 3.63) is 29.0 Å². The van der Waals surface area contributed by atoms with E-state index in [1.54, 1.807) is 14.2 Å². The Morgan fingerprint density at radius 2 is 2.16 bits per heavy atom. The minimum Gasteiger partial charge on any atom is -0.382 e. The Bertz CT molecular complexity index is 557. The molecule has 0 amide bonds. The van der Waals surface area contributed by atoms with Gasteiger partial charge in [0.25, 0.3) is 0 Å². The van der Waals surface area contributed by atoms with Gasteiger partial charge in [0.2, 0.25) is 0 Å². The van der Waals surface area contributed by atoms with E-state index in [2.05, 4.69) is 4.98 Å². The molecule has 1 heterocycles. The molecule has 0 radical (unpaired) electrons. The zero-order chi connectivity index (χ0) is 13.8. The number of hydrogen-bond donors (Lipinski definition) is 0. The minimum atomic E-state index is -0.0416. The maximum Gasteiger partial charge on any atom is 0.124 e. The molecule has 0 saturated heterocycles. The largest absolute Gasteiger partial charge is 0.382 e. The number of imidazole rings is 1. The van der Waals surface area contributed by atoms with E-state index in [1.807, 2.05) is 22.8 Å². The number of alkyl halides is 1. The summed E-state index contributed by atoms with van der Waals surface area (Å²) in [6, 6.07) is 5.63. The monoisotopic (exact) mass is 302 g/mol. The van der Waals surface area contributed by atoms with Crippen LogP contribution in [0.25, 0.3) is 11.0 Å². The summed E-state index contributed by atoms with van der Waals surface area (Å²) in [5, 5.41) is 0.665. The molecule has 0 aliphatic heterocycles. The molecule has 0 saturated carbocycles. The summed E-state index contributed by atoms with van der Waals surface area (Å²) in [5.74, 6) is 1.15. The molecule has 0 aliphatic rings. The fourth-order valence-corrected chi connectivity index (χ4v) is 2.41. The lowest BCUT2D eigenvalue weighted by Gasteiger charge is -2.16. The summed E-state index contributed by atoms with van der Waals surface area (Å²) in [7, 11) is 3.32. The summed E-state index contributed by atoms with van der Waals surface area (Å²) in [6.45, 7) is 1.16. The first kappa shape index (κ1) is 14.6. The molecule has 1 aromatic carbocycles. The van der Waals surface area contributed by atoms with Crippen molar-refractivity contribution in [2.24, 2.45) is 0 Å². The first-order valence-electron chi connectivity index (χ1n) is 5.92. The van der Waals surface area contributed by atoms with E-state index in [4.69, 9.17) is 32.7 Å². The Hall–Kier alpha value is -0.810. The van der Waals surface area contributed by atoms with Crippen LogP contribution in [0.15, 0.2) is 18.2 Å². The van der Waals surface area contributed by atoms with Crippen molar-refractivity contribution in [2.45, 2.75) is 18.5 Å². The summed E-state index contributed by atoms with van der Waals surface area (Å²) in [5.41, 5.74) is 1.84. The predicted molar refractivity (Wildman–Crippen MR) is 77.0 cm³/mol. The highest BCUT2D eigenvalue weighted by atomic mass is 35.5. The summed E-state index contributed by atoms with van der Waals surface area (Å²) in [4.78, 5) is 4.49. The van der Waals surface area contributed by atoms with Crippen molar-refractivity contribution < 1.29 is 9.47 Å². The maximum absolute atomic E-state index is 5.98. The minimum absolute atomic E-state index is 0.0416. The molecule has 1 unspecified atom stereocenters. The van der Waals surface area contributed by atoms with Crippen LogP contribution in [0.4, 0.5) is 0 Å². The highest BCUT2D eigenvalue weighted by Crippen LogP contribution is 2.22. The van der Waals surface area contributed by atoms with E-state index in [-0.39, 0.29) is 6.10 Å². The van der Waals surface area contributed by atoms with Crippen LogP contribution in [-0.4, -0.2) is 36.5 Å². The molecule has 1 aromatic heterocycles. The molecule has 0 fully saturated rings. The first-order chi connectivity index (χ1) is 9.19. The average Bonchev–Trinajstić information content (AvgIpc) is 2.75. The van der Waals surface area contributed by atoms with Gasteiger partial charge < -0.3 is 14.0 Å². The zero-order valence-corrected chi connectivity index (χ0v) is 12.4. The van der Waals surface area contributed by atoms with Crippen LogP contribution in [0.2, 0.25) is 5.02 Å². The fraction of sp³-hybridized carbons (Fsp3) is 0.462. The molecule has 0 aliphatic carbocycles. The van der Waals surface area contributed by atoms with Crippen molar-refractivity contribution in [3.63, 3.8) is 0 Å². The normalized spacial score (nSPS) is 13.1. The van der Waals surface area contributed by atoms with Gasteiger partial charge >= 0.3 is 0 Å². The standard InChI is InChI=1S/C13H16Cl2N2O2/c1-18-8-10(19-2)7-17-12-4-3-9(15)5-11(12)16-13(17)6-14/h3-5,10H,6-8H2,1-2H3. The molecule has 2 rings (SSSR count). The Morgan fingerprint density at radius 3 is 2.79 bits per heavy atom. The van der Waals surface area contributed by atoms with Crippen molar-refractivity contribution in [2.75, 3.05) is 20.8 Å². The quantitative estimate of drug-likeness (QED) is 0.769. The van der Waals surface area contributed by atoms with Gasteiger partial charge in [-0.2, -0.15) is 0 Å². The van der Waals surface area contributed by atoms with Gasteiger partial charge in [0.1, 0.15) is 5.82 Å². The van der Waals surface area contributed by atoms with Crippen LogP contribution in [0, 0.1) is 0 Å². The first-order valence-corrected chi connectivity index (χ1v) is 6.83. The van der Waals surface area contributed by atoms with Gasteiger partial charge in [-0.1, -0.05) is 11.6 Å². The van der Waals surface area contributed by atoms with Gasteiger partial charge in [-0.3, -0.25) is 0 Å². The number of halogens is 2. The maximum atomic E-state index is 5.98. The summed E-state index contributed by atoms with van der Waals surface area (Å²) in [6.07, 6.45) is -0.0416. The number of methoxy groups -OCH3 is 2. The SMILES string of the molecule is COCC(Cn1c(CCl)nc2cc(Cl)ccc21)OC. The molecule has 6 heteroatoms. The molecule has 0 N–H and O–H groups in total. The lowest BCUT2D eigenvalue weighted by Crippen LogP contribution is -2.24. The number of nitrogens with zero attached hydrogens (tertiary/aromatic N) is 2. The Kier molecular flexibility index (Phi) is 5.05. The fourth-order valence-electron chi connectivity index (χ4n) is 2.04. The van der Waals surface area contributed by atoms with Crippen LogP contribution in [0.5, 0.6) is 0 Å². The zero-order valence-electron chi connectivity index (χ0n) is 10.9. The number of fused-ring (bicyclic) bond motifs is 1. The molecular weight excluding hydrogens is 287 g/mol. The highest BCUT2D eigenvalue weighted by molar-refractivity contribution is 6.31. The van der Waals surface area contributed by atoms with Crippen LogP contribution >= 0.6 is 23.2 Å². The Morgan fingerprint density at radius 1 is 1.37 bits per heavy atom.